The molecule has 2 aliphatic heterocycles. The van der Waals surface area contributed by atoms with Crippen LogP contribution in [0.2, 0.25) is 5.02 Å². The van der Waals surface area contributed by atoms with Gasteiger partial charge in [0.2, 0.25) is 11.8 Å². The fraction of sp³-hybridized carbons (Fsp3) is 0.160. The third kappa shape index (κ3) is 4.34. The van der Waals surface area contributed by atoms with E-state index in [0.29, 0.717) is 34.3 Å². The second-order valence-electron chi connectivity index (χ2n) is 7.89. The molecule has 3 aromatic carbocycles. The van der Waals surface area contributed by atoms with E-state index in [1.807, 2.05) is 59.5 Å². The summed E-state index contributed by atoms with van der Waals surface area (Å²) in [7, 11) is 0. The number of rotatable bonds is 4. The van der Waals surface area contributed by atoms with Crippen LogP contribution in [0.4, 0.5) is 11.4 Å². The van der Waals surface area contributed by atoms with E-state index in [0.717, 1.165) is 11.1 Å². The molecule has 1 saturated heterocycles. The number of thioether (sulfide) groups is 1. The van der Waals surface area contributed by atoms with E-state index in [4.69, 9.17) is 11.6 Å². The minimum atomic E-state index is -0.239. The number of fused-ring (bicyclic) bond motifs is 1. The topological polar surface area (TPSA) is 69.7 Å². The number of benzene rings is 3. The fourth-order valence-corrected chi connectivity index (χ4v) is 5.36. The van der Waals surface area contributed by atoms with Crippen molar-refractivity contribution < 1.29 is 14.4 Å². The normalized spacial score (nSPS) is 17.7. The molecule has 5 rings (SSSR count). The zero-order valence-electron chi connectivity index (χ0n) is 17.5. The van der Waals surface area contributed by atoms with Crippen LogP contribution in [0.1, 0.15) is 26.9 Å². The molecule has 0 aliphatic carbocycles. The number of nitrogens with one attached hydrogen (secondary N) is 1. The van der Waals surface area contributed by atoms with Crippen molar-refractivity contribution in [1.29, 1.82) is 0 Å². The molecule has 0 saturated carbocycles. The van der Waals surface area contributed by atoms with Gasteiger partial charge in [-0.1, -0.05) is 48.0 Å². The molecule has 3 aromatic rings. The molecule has 1 N–H and O–H groups in total. The summed E-state index contributed by atoms with van der Waals surface area (Å²) in [4.78, 5) is 41.1. The van der Waals surface area contributed by atoms with E-state index in [1.54, 1.807) is 30.0 Å². The van der Waals surface area contributed by atoms with Gasteiger partial charge >= 0.3 is 0 Å². The standard InChI is InChI=1S/C25H20ClN3O3S/c26-19-11-5-16(6-12-19)13-29-23(31)15-33-25(29)18-9-7-17(8-10-18)24(32)28-14-22(30)27-20-3-1-2-4-21(20)28/h1-12,25H,13-15H2,(H,27,30)/t25-/m0/s1. The number of carbonyl (C=O) groups excluding carboxylic acids is 3. The number of hydrogen-bond acceptors (Lipinski definition) is 4. The van der Waals surface area contributed by atoms with Crippen LogP contribution >= 0.6 is 23.4 Å². The van der Waals surface area contributed by atoms with Crippen LogP contribution in [0.15, 0.2) is 72.8 Å². The highest BCUT2D eigenvalue weighted by atomic mass is 35.5. The molecule has 0 spiro atoms. The van der Waals surface area contributed by atoms with Crippen LogP contribution in [0.5, 0.6) is 0 Å². The third-order valence-electron chi connectivity index (χ3n) is 5.69. The maximum atomic E-state index is 13.2. The Hall–Kier alpha value is -3.29. The minimum absolute atomic E-state index is 0.0283. The van der Waals surface area contributed by atoms with Gasteiger partial charge < -0.3 is 10.2 Å². The van der Waals surface area contributed by atoms with Crippen LogP contribution < -0.4 is 10.2 Å². The number of nitrogens with zero attached hydrogens (tertiary/aromatic N) is 2. The van der Waals surface area contributed by atoms with E-state index in [1.165, 1.54) is 4.90 Å². The first kappa shape index (κ1) is 21.6. The highest BCUT2D eigenvalue weighted by molar-refractivity contribution is 8.00. The first-order valence-corrected chi connectivity index (χ1v) is 11.9. The Kier molecular flexibility index (Phi) is 5.83. The number of hydrogen-bond donors (Lipinski definition) is 1. The smallest absolute Gasteiger partial charge is 0.258 e. The van der Waals surface area contributed by atoms with Crippen molar-refractivity contribution in [3.8, 4) is 0 Å². The minimum Gasteiger partial charge on any atom is -0.323 e. The molecule has 33 heavy (non-hydrogen) atoms. The van der Waals surface area contributed by atoms with Crippen LogP contribution in [-0.2, 0) is 16.1 Å². The molecule has 1 fully saturated rings. The van der Waals surface area contributed by atoms with Gasteiger partial charge in [-0.25, -0.2) is 0 Å². The SMILES string of the molecule is O=C1CN(C(=O)c2ccc([C@@H]3SCC(=O)N3Cc3ccc(Cl)cc3)cc2)c2ccccc2N1. The first-order valence-electron chi connectivity index (χ1n) is 10.5. The van der Waals surface area contributed by atoms with Gasteiger partial charge in [-0.15, -0.1) is 11.8 Å². The number of anilines is 2. The lowest BCUT2D eigenvalue weighted by molar-refractivity contribution is -0.128. The van der Waals surface area contributed by atoms with Gasteiger partial charge in [0.1, 0.15) is 11.9 Å². The lowest BCUT2D eigenvalue weighted by Crippen LogP contribution is -2.42. The first-order chi connectivity index (χ1) is 16.0. The highest BCUT2D eigenvalue weighted by Crippen LogP contribution is 2.40. The van der Waals surface area contributed by atoms with E-state index in [9.17, 15) is 14.4 Å². The Morgan fingerprint density at radius 2 is 1.73 bits per heavy atom. The number of halogens is 1. The van der Waals surface area contributed by atoms with Gasteiger partial charge in [-0.2, -0.15) is 0 Å². The summed E-state index contributed by atoms with van der Waals surface area (Å²) in [6.07, 6.45) is 0. The summed E-state index contributed by atoms with van der Waals surface area (Å²) in [6.45, 7) is 0.466. The molecule has 166 valence electrons. The van der Waals surface area contributed by atoms with Crippen molar-refractivity contribution in [2.45, 2.75) is 11.9 Å². The van der Waals surface area contributed by atoms with Gasteiger partial charge in [-0.05, 0) is 47.5 Å². The molecule has 6 nitrogen and oxygen atoms in total. The molecule has 3 amide bonds. The number of para-hydroxylation sites is 2. The summed E-state index contributed by atoms with van der Waals surface area (Å²) in [6, 6.07) is 22.0. The van der Waals surface area contributed by atoms with Crippen molar-refractivity contribution in [3.63, 3.8) is 0 Å². The predicted octanol–water partition coefficient (Wildman–Crippen LogP) is 4.71. The zero-order chi connectivity index (χ0) is 22.9. The van der Waals surface area contributed by atoms with E-state index >= 15 is 0 Å². The van der Waals surface area contributed by atoms with Crippen molar-refractivity contribution in [3.05, 3.63) is 94.5 Å². The molecular formula is C25H20ClN3O3S. The zero-order valence-corrected chi connectivity index (χ0v) is 19.1. The van der Waals surface area contributed by atoms with Crippen molar-refractivity contribution in [2.75, 3.05) is 22.5 Å². The van der Waals surface area contributed by atoms with E-state index < -0.39 is 0 Å². The molecule has 0 unspecified atom stereocenters. The molecule has 1 atom stereocenters. The number of carbonyl (C=O) groups is 3. The Morgan fingerprint density at radius 1 is 1.00 bits per heavy atom. The molecular weight excluding hydrogens is 458 g/mol. The van der Waals surface area contributed by atoms with Crippen LogP contribution in [-0.4, -0.2) is 34.9 Å². The summed E-state index contributed by atoms with van der Waals surface area (Å²) < 4.78 is 0. The monoisotopic (exact) mass is 477 g/mol. The summed E-state index contributed by atoms with van der Waals surface area (Å²) in [5.41, 5.74) is 3.75. The lowest BCUT2D eigenvalue weighted by Gasteiger charge is -2.29. The fourth-order valence-electron chi connectivity index (χ4n) is 4.05. The largest absolute Gasteiger partial charge is 0.323 e. The van der Waals surface area contributed by atoms with Crippen molar-refractivity contribution in [1.82, 2.24) is 4.90 Å². The Balaban J connectivity index is 1.36. The van der Waals surface area contributed by atoms with Crippen LogP contribution in [0.25, 0.3) is 0 Å². The maximum absolute atomic E-state index is 13.2. The highest BCUT2D eigenvalue weighted by Gasteiger charge is 2.33. The molecule has 2 heterocycles. The van der Waals surface area contributed by atoms with E-state index in [-0.39, 0.29) is 29.6 Å². The Bertz CT molecular complexity index is 1230. The van der Waals surface area contributed by atoms with Gasteiger partial charge in [0.05, 0.1) is 17.1 Å². The van der Waals surface area contributed by atoms with Gasteiger partial charge in [0, 0.05) is 17.1 Å². The van der Waals surface area contributed by atoms with Crippen molar-refractivity contribution in [2.24, 2.45) is 0 Å². The predicted molar refractivity (Wildman–Crippen MR) is 130 cm³/mol. The van der Waals surface area contributed by atoms with E-state index in [2.05, 4.69) is 5.32 Å². The molecule has 0 bridgehead atoms. The lowest BCUT2D eigenvalue weighted by atomic mass is 10.1. The molecule has 8 heteroatoms. The average molecular weight is 478 g/mol. The number of amides is 3. The third-order valence-corrected chi connectivity index (χ3v) is 7.20. The summed E-state index contributed by atoms with van der Waals surface area (Å²) in [5, 5.41) is 3.33. The molecule has 0 radical (unpaired) electrons. The summed E-state index contributed by atoms with van der Waals surface area (Å²) in [5.74, 6) is 0.0314. The Labute approximate surface area is 200 Å². The molecule has 2 aliphatic rings. The van der Waals surface area contributed by atoms with Crippen LogP contribution in [0, 0.1) is 0 Å². The van der Waals surface area contributed by atoms with Gasteiger partial charge in [0.25, 0.3) is 5.91 Å². The van der Waals surface area contributed by atoms with Gasteiger partial charge in [-0.3, -0.25) is 19.3 Å². The average Bonchev–Trinajstić information content (AvgIpc) is 3.19. The second-order valence-corrected chi connectivity index (χ2v) is 9.40. The van der Waals surface area contributed by atoms with Gasteiger partial charge in [0.15, 0.2) is 0 Å². The second kappa shape index (κ2) is 8.92. The van der Waals surface area contributed by atoms with Crippen molar-refractivity contribution >= 4 is 52.5 Å². The quantitative estimate of drug-likeness (QED) is 0.590. The Morgan fingerprint density at radius 3 is 2.48 bits per heavy atom. The van der Waals surface area contributed by atoms with Crippen LogP contribution in [0.3, 0.4) is 0 Å². The summed E-state index contributed by atoms with van der Waals surface area (Å²) >= 11 is 7.55. The molecule has 0 aromatic heterocycles. The maximum Gasteiger partial charge on any atom is 0.258 e.